The Hall–Kier alpha value is -3.48. The average molecular weight is 352 g/mol. The van der Waals surface area contributed by atoms with Crippen LogP contribution in [-0.4, -0.2) is 27.8 Å². The van der Waals surface area contributed by atoms with Crippen LogP contribution < -0.4 is 21.9 Å². The van der Waals surface area contributed by atoms with E-state index in [4.69, 9.17) is 10.5 Å². The second-order valence-corrected chi connectivity index (χ2v) is 5.76. The van der Waals surface area contributed by atoms with Crippen LogP contribution in [-0.2, 0) is 11.2 Å². The van der Waals surface area contributed by atoms with Crippen molar-refractivity contribution in [1.29, 1.82) is 0 Å². The maximum atomic E-state index is 12.1. The van der Waals surface area contributed by atoms with Crippen LogP contribution in [0.5, 0.6) is 0 Å². The van der Waals surface area contributed by atoms with Crippen molar-refractivity contribution in [3.8, 4) is 0 Å². The van der Waals surface area contributed by atoms with Gasteiger partial charge in [0.25, 0.3) is 5.56 Å². The highest BCUT2D eigenvalue weighted by molar-refractivity contribution is 5.89. The first-order valence-electron chi connectivity index (χ1n) is 8.25. The minimum atomic E-state index is -0.401. The molecule has 2 aromatic heterocycles. The maximum Gasteiger partial charge on any atom is 0.339 e. The number of rotatable bonds is 5. The molecule has 7 heteroatoms. The molecule has 3 aromatic rings. The monoisotopic (exact) mass is 352 g/mol. The predicted molar refractivity (Wildman–Crippen MR) is 100 cm³/mol. The Balaban J connectivity index is 1.91. The molecular formula is C19H20N4O3. The fourth-order valence-corrected chi connectivity index (χ4v) is 2.54. The lowest BCUT2D eigenvalue weighted by atomic mass is 10.1. The zero-order valence-electron chi connectivity index (χ0n) is 14.3. The van der Waals surface area contributed by atoms with E-state index in [1.54, 1.807) is 25.3 Å². The van der Waals surface area contributed by atoms with E-state index in [-0.39, 0.29) is 5.56 Å². The van der Waals surface area contributed by atoms with Crippen LogP contribution in [0.1, 0.15) is 28.5 Å². The van der Waals surface area contributed by atoms with Gasteiger partial charge in [-0.05, 0) is 43.2 Å². The third-order valence-corrected chi connectivity index (χ3v) is 3.88. The summed E-state index contributed by atoms with van der Waals surface area (Å²) in [6.45, 7) is 2.06. The number of anilines is 1. The predicted octanol–water partition coefficient (Wildman–Crippen LogP) is 0.642. The van der Waals surface area contributed by atoms with E-state index >= 15 is 0 Å². The molecule has 26 heavy (non-hydrogen) atoms. The van der Waals surface area contributed by atoms with Gasteiger partial charge >= 0.3 is 5.97 Å². The molecule has 0 atom stereocenters. The van der Waals surface area contributed by atoms with Crippen LogP contribution in [0.4, 0.5) is 5.69 Å². The molecule has 0 spiro atoms. The molecule has 0 saturated carbocycles. The van der Waals surface area contributed by atoms with Crippen molar-refractivity contribution in [2.75, 3.05) is 12.3 Å². The number of nitrogen functional groups attached to an aromatic ring is 1. The standard InChI is InChI=1S/C19H20N4O3/c1-2-26-19(25)13-9-15(21-11-13)10-16-17(22-23-18(16)24)8-5-12-3-6-14(20)7-4-12/h3-4,6-11,21-22H,2,5,20H2,1H3,(H,23,24). The van der Waals surface area contributed by atoms with Crippen LogP contribution >= 0.6 is 0 Å². The molecule has 0 unspecified atom stereocenters. The van der Waals surface area contributed by atoms with Crippen LogP contribution in [0.15, 0.2) is 41.3 Å². The number of H-pyrrole nitrogens is 3. The van der Waals surface area contributed by atoms with Crippen molar-refractivity contribution in [1.82, 2.24) is 15.2 Å². The van der Waals surface area contributed by atoms with Crippen LogP contribution in [0.2, 0.25) is 0 Å². The lowest BCUT2D eigenvalue weighted by molar-refractivity contribution is 0.0526. The van der Waals surface area contributed by atoms with Gasteiger partial charge in [0.1, 0.15) is 0 Å². The highest BCUT2D eigenvalue weighted by Gasteiger charge is 2.08. The van der Waals surface area contributed by atoms with E-state index in [9.17, 15) is 9.59 Å². The van der Waals surface area contributed by atoms with Gasteiger partial charge in [0.15, 0.2) is 0 Å². The number of ether oxygens (including phenoxy) is 1. The minimum Gasteiger partial charge on any atom is -0.462 e. The van der Waals surface area contributed by atoms with E-state index in [1.165, 1.54) is 0 Å². The number of nitrogens with one attached hydrogen (secondary N) is 3. The first-order valence-corrected chi connectivity index (χ1v) is 8.25. The smallest absolute Gasteiger partial charge is 0.339 e. The molecule has 0 aliphatic rings. The number of hydrogen-bond donors (Lipinski definition) is 4. The molecule has 0 radical (unpaired) electrons. The number of aromatic nitrogens is 3. The summed E-state index contributed by atoms with van der Waals surface area (Å²) < 4.78 is 4.96. The van der Waals surface area contributed by atoms with E-state index in [1.807, 2.05) is 30.3 Å². The van der Waals surface area contributed by atoms with Crippen LogP contribution in [0.3, 0.4) is 0 Å². The Morgan fingerprint density at radius 1 is 1.23 bits per heavy atom. The first-order chi connectivity index (χ1) is 12.6. The van der Waals surface area contributed by atoms with Gasteiger partial charge in [0.2, 0.25) is 0 Å². The minimum absolute atomic E-state index is 0.235. The first kappa shape index (κ1) is 17.3. The Morgan fingerprint density at radius 2 is 2.00 bits per heavy atom. The molecule has 134 valence electrons. The number of carbonyl (C=O) groups is 1. The SMILES string of the molecule is CCOC(=O)c1c[nH]c(C=c2c(=O)[nH][nH]c2=CCc2ccc(N)cc2)c1. The van der Waals surface area contributed by atoms with Gasteiger partial charge in [-0.3, -0.25) is 15.0 Å². The Labute approximate surface area is 149 Å². The zero-order valence-corrected chi connectivity index (χ0v) is 14.3. The summed E-state index contributed by atoms with van der Waals surface area (Å²) in [5, 5.41) is 6.62. The van der Waals surface area contributed by atoms with Crippen LogP contribution in [0.25, 0.3) is 12.2 Å². The second-order valence-electron chi connectivity index (χ2n) is 5.76. The number of nitrogens with two attached hydrogens (primary N) is 1. The third-order valence-electron chi connectivity index (χ3n) is 3.88. The molecule has 0 aliphatic heterocycles. The average Bonchev–Trinajstić information content (AvgIpc) is 3.23. The maximum absolute atomic E-state index is 12.1. The summed E-state index contributed by atoms with van der Waals surface area (Å²) in [6.07, 6.45) is 5.81. The normalized spacial score (nSPS) is 12.5. The van der Waals surface area contributed by atoms with E-state index in [0.717, 1.165) is 5.56 Å². The van der Waals surface area contributed by atoms with Gasteiger partial charge in [-0.1, -0.05) is 18.2 Å². The van der Waals surface area contributed by atoms with E-state index in [2.05, 4.69) is 15.2 Å². The summed E-state index contributed by atoms with van der Waals surface area (Å²) in [6, 6.07) is 9.21. The van der Waals surface area contributed by atoms with Crippen molar-refractivity contribution < 1.29 is 9.53 Å². The van der Waals surface area contributed by atoms with Gasteiger partial charge in [-0.25, -0.2) is 4.79 Å². The largest absolute Gasteiger partial charge is 0.462 e. The molecule has 1 aromatic carbocycles. The number of benzene rings is 1. The summed E-state index contributed by atoms with van der Waals surface area (Å²) in [7, 11) is 0. The molecule has 0 aliphatic carbocycles. The highest BCUT2D eigenvalue weighted by Crippen LogP contribution is 2.07. The fraction of sp³-hybridized carbons (Fsp3) is 0.158. The quantitative estimate of drug-likeness (QED) is 0.398. The summed E-state index contributed by atoms with van der Waals surface area (Å²) >= 11 is 0. The van der Waals surface area contributed by atoms with E-state index < -0.39 is 5.97 Å². The zero-order chi connectivity index (χ0) is 18.5. The summed E-state index contributed by atoms with van der Waals surface area (Å²) in [5.74, 6) is -0.401. The number of aromatic amines is 3. The molecule has 2 heterocycles. The Kier molecular flexibility index (Phi) is 5.07. The van der Waals surface area contributed by atoms with Gasteiger partial charge in [-0.15, -0.1) is 0 Å². The van der Waals surface area contributed by atoms with Crippen LogP contribution in [0, 0.1) is 0 Å². The molecule has 0 fully saturated rings. The molecule has 3 rings (SSSR count). The van der Waals surface area contributed by atoms with Gasteiger partial charge in [0.05, 0.1) is 22.7 Å². The highest BCUT2D eigenvalue weighted by atomic mass is 16.5. The topological polar surface area (TPSA) is 117 Å². The Bertz CT molecular complexity index is 1070. The van der Waals surface area contributed by atoms with Gasteiger partial charge in [-0.2, -0.15) is 0 Å². The van der Waals surface area contributed by atoms with Gasteiger partial charge < -0.3 is 15.5 Å². The number of esters is 1. The van der Waals surface area contributed by atoms with Crippen molar-refractivity contribution >= 4 is 23.8 Å². The number of hydrogen-bond acceptors (Lipinski definition) is 4. The third kappa shape index (κ3) is 3.94. The molecular weight excluding hydrogens is 332 g/mol. The second kappa shape index (κ2) is 7.60. The van der Waals surface area contributed by atoms with Gasteiger partial charge in [0, 0.05) is 17.6 Å². The summed E-state index contributed by atoms with van der Waals surface area (Å²) in [4.78, 5) is 26.8. The van der Waals surface area contributed by atoms with Crippen molar-refractivity contribution in [3.05, 3.63) is 74.3 Å². The lowest BCUT2D eigenvalue weighted by Gasteiger charge is -1.96. The Morgan fingerprint density at radius 3 is 2.73 bits per heavy atom. The number of carbonyl (C=O) groups excluding carboxylic acids is 1. The fourth-order valence-electron chi connectivity index (χ4n) is 2.54. The summed E-state index contributed by atoms with van der Waals surface area (Å²) in [5.41, 5.74) is 8.29. The van der Waals surface area contributed by atoms with Crippen molar-refractivity contribution in [2.45, 2.75) is 13.3 Å². The molecule has 0 bridgehead atoms. The van der Waals surface area contributed by atoms with Crippen molar-refractivity contribution in [2.24, 2.45) is 0 Å². The molecule has 0 amide bonds. The molecule has 0 saturated heterocycles. The van der Waals surface area contributed by atoms with E-state index in [0.29, 0.717) is 40.5 Å². The van der Waals surface area contributed by atoms with Crippen molar-refractivity contribution in [3.63, 3.8) is 0 Å². The molecule has 5 N–H and O–H groups in total. The molecule has 7 nitrogen and oxygen atoms in total. The lowest BCUT2D eigenvalue weighted by Crippen LogP contribution is -2.33.